The molecule has 0 amide bonds. The molecule has 7 heteroatoms. The molecule has 1 unspecified atom stereocenters. The third kappa shape index (κ3) is 3.95. The Bertz CT molecular complexity index is 671. The van der Waals surface area contributed by atoms with Crippen LogP contribution in [-0.4, -0.2) is 30.2 Å². The van der Waals surface area contributed by atoms with Crippen LogP contribution in [0.25, 0.3) is 0 Å². The molecule has 0 aromatic carbocycles. The van der Waals surface area contributed by atoms with E-state index < -0.39 is 32.7 Å². The van der Waals surface area contributed by atoms with Crippen molar-refractivity contribution >= 4 is 21.9 Å². The van der Waals surface area contributed by atoms with Crippen molar-refractivity contribution in [3.8, 4) is 0 Å². The summed E-state index contributed by atoms with van der Waals surface area (Å²) in [4.78, 5) is 25.6. The van der Waals surface area contributed by atoms with Gasteiger partial charge in [0.1, 0.15) is 0 Å². The van der Waals surface area contributed by atoms with Crippen molar-refractivity contribution in [3.63, 3.8) is 0 Å². The van der Waals surface area contributed by atoms with Crippen LogP contribution in [0.4, 0.5) is 0 Å². The van der Waals surface area contributed by atoms with Crippen LogP contribution in [0.5, 0.6) is 0 Å². The first kappa shape index (κ1) is 19.4. The van der Waals surface area contributed by atoms with Gasteiger partial charge in [-0.1, -0.05) is 32.1 Å². The molecule has 5 aliphatic carbocycles. The number of rotatable bonds is 6. The van der Waals surface area contributed by atoms with Crippen molar-refractivity contribution in [1.82, 2.24) is 0 Å². The minimum absolute atomic E-state index is 0.0542. The lowest BCUT2D eigenvalue weighted by Crippen LogP contribution is -2.52. The molecule has 0 aromatic rings. The van der Waals surface area contributed by atoms with Gasteiger partial charge < -0.3 is 4.74 Å². The van der Waals surface area contributed by atoms with Crippen LogP contribution < -0.4 is 0 Å². The number of ether oxygens (including phenoxy) is 1. The molecule has 0 spiro atoms. The van der Waals surface area contributed by atoms with Crippen molar-refractivity contribution < 1.29 is 27.3 Å². The molecule has 5 aliphatic rings. The van der Waals surface area contributed by atoms with Gasteiger partial charge in [0.05, 0.1) is 5.41 Å². The minimum atomic E-state index is -4.77. The van der Waals surface area contributed by atoms with E-state index in [2.05, 4.69) is 0 Å². The van der Waals surface area contributed by atoms with Crippen molar-refractivity contribution in [1.29, 1.82) is 0 Å². The topological polar surface area (TPSA) is 97.7 Å². The first-order valence-corrected chi connectivity index (χ1v) is 12.0. The van der Waals surface area contributed by atoms with Crippen LogP contribution in [0.1, 0.15) is 77.0 Å². The largest absolute Gasteiger partial charge is 0.435 e. The van der Waals surface area contributed by atoms with E-state index in [0.29, 0.717) is 17.8 Å². The summed E-state index contributed by atoms with van der Waals surface area (Å²) >= 11 is 0. The summed E-state index contributed by atoms with van der Waals surface area (Å²) in [6.45, 7) is 0. The summed E-state index contributed by atoms with van der Waals surface area (Å²) in [7, 11) is -4.77. The molecule has 0 heterocycles. The maximum atomic E-state index is 13.0. The number of ketones is 1. The molecule has 0 aromatic heterocycles. The molecular formula is C20H30O6S. The van der Waals surface area contributed by atoms with Gasteiger partial charge in [-0.05, 0) is 62.2 Å². The third-order valence-electron chi connectivity index (χ3n) is 7.43. The molecule has 0 aliphatic heterocycles. The van der Waals surface area contributed by atoms with Gasteiger partial charge in [0.25, 0.3) is 5.44 Å². The molecule has 0 radical (unpaired) electrons. The Hall–Kier alpha value is -0.950. The summed E-state index contributed by atoms with van der Waals surface area (Å²) in [5.74, 6) is 0.375. The van der Waals surface area contributed by atoms with Crippen LogP contribution in [0.3, 0.4) is 0 Å². The molecule has 5 fully saturated rings. The summed E-state index contributed by atoms with van der Waals surface area (Å²) in [5, 5.41) is 0. The average molecular weight is 399 g/mol. The number of hydrogen-bond donors (Lipinski definition) is 1. The zero-order valence-electron chi connectivity index (χ0n) is 15.8. The zero-order chi connectivity index (χ0) is 19.2. The van der Waals surface area contributed by atoms with Crippen LogP contribution in [0.15, 0.2) is 0 Å². The molecule has 152 valence electrons. The van der Waals surface area contributed by atoms with Crippen molar-refractivity contribution in [2.24, 2.45) is 29.1 Å². The van der Waals surface area contributed by atoms with Gasteiger partial charge in [-0.2, -0.15) is 8.42 Å². The van der Waals surface area contributed by atoms with Gasteiger partial charge in [0.2, 0.25) is 0 Å². The number of Topliss-reactive ketones (excluding diaryl/α,β-unsaturated/α-hetero) is 1. The molecule has 1 atom stereocenters. The highest BCUT2D eigenvalue weighted by atomic mass is 32.2. The fourth-order valence-corrected chi connectivity index (χ4v) is 7.28. The van der Waals surface area contributed by atoms with Crippen molar-refractivity contribution in [3.05, 3.63) is 0 Å². The van der Waals surface area contributed by atoms with E-state index >= 15 is 0 Å². The molecule has 6 nitrogen and oxygen atoms in total. The van der Waals surface area contributed by atoms with Gasteiger partial charge in [0, 0.05) is 6.42 Å². The van der Waals surface area contributed by atoms with Crippen LogP contribution in [0.2, 0.25) is 0 Å². The summed E-state index contributed by atoms with van der Waals surface area (Å²) in [6, 6.07) is 0. The van der Waals surface area contributed by atoms with Gasteiger partial charge in [-0.15, -0.1) is 0 Å². The van der Waals surface area contributed by atoms with Crippen molar-refractivity contribution in [2.45, 2.75) is 82.5 Å². The first-order chi connectivity index (χ1) is 12.7. The Kier molecular flexibility index (Phi) is 5.12. The fourth-order valence-electron chi connectivity index (χ4n) is 6.65. The monoisotopic (exact) mass is 398 g/mol. The van der Waals surface area contributed by atoms with E-state index in [1.807, 2.05) is 0 Å². The summed E-state index contributed by atoms with van der Waals surface area (Å²) in [5.41, 5.74) is -2.71. The highest BCUT2D eigenvalue weighted by molar-refractivity contribution is 7.87. The Morgan fingerprint density at radius 3 is 1.96 bits per heavy atom. The molecule has 27 heavy (non-hydrogen) atoms. The van der Waals surface area contributed by atoms with E-state index in [-0.39, 0.29) is 12.3 Å². The maximum Gasteiger partial charge on any atom is 0.313 e. The standard InChI is InChI=1S/C20H30O6S/c21-17(9-13-4-2-1-3-5-13)18(27(23,24)25)26-19(22)20-10-14-6-15(11-20)8-16(7-14)12-20/h13-16,18H,1-12H2,(H,23,24,25). The number of carbonyl (C=O) groups excluding carboxylic acids is 2. The quantitative estimate of drug-likeness (QED) is 0.543. The normalized spacial score (nSPS) is 37.1. The molecule has 0 saturated heterocycles. The Morgan fingerprint density at radius 1 is 0.963 bits per heavy atom. The van der Waals surface area contributed by atoms with Gasteiger partial charge in [0.15, 0.2) is 5.78 Å². The van der Waals surface area contributed by atoms with Gasteiger partial charge in [-0.25, -0.2) is 0 Å². The SMILES string of the molecule is O=C(CC1CCCCC1)C(OC(=O)C12CC3CC(CC(C3)C1)C2)S(=O)(=O)O. The number of esters is 1. The maximum absolute atomic E-state index is 13.0. The Morgan fingerprint density at radius 2 is 1.48 bits per heavy atom. The van der Waals surface area contributed by atoms with Crippen LogP contribution in [0, 0.1) is 29.1 Å². The molecule has 5 rings (SSSR count). The predicted molar refractivity (Wildman–Crippen MR) is 98.2 cm³/mol. The van der Waals surface area contributed by atoms with Crippen molar-refractivity contribution in [2.75, 3.05) is 0 Å². The van der Waals surface area contributed by atoms with Gasteiger partial charge in [-0.3, -0.25) is 14.1 Å². The first-order valence-electron chi connectivity index (χ1n) is 10.5. The van der Waals surface area contributed by atoms with E-state index in [1.54, 1.807) is 0 Å². The average Bonchev–Trinajstić information content (AvgIpc) is 2.58. The second-order valence-electron chi connectivity index (χ2n) is 9.62. The van der Waals surface area contributed by atoms with E-state index in [0.717, 1.165) is 70.6 Å². The number of hydrogen-bond acceptors (Lipinski definition) is 5. The fraction of sp³-hybridized carbons (Fsp3) is 0.900. The van der Waals surface area contributed by atoms with Crippen LogP contribution >= 0.6 is 0 Å². The lowest BCUT2D eigenvalue weighted by atomic mass is 9.49. The molecule has 5 saturated carbocycles. The predicted octanol–water partition coefficient (Wildman–Crippen LogP) is 3.50. The second kappa shape index (κ2) is 7.14. The second-order valence-corrected chi connectivity index (χ2v) is 11.1. The Labute approximate surface area is 161 Å². The molecule has 4 bridgehead atoms. The van der Waals surface area contributed by atoms with Gasteiger partial charge >= 0.3 is 16.1 Å². The highest BCUT2D eigenvalue weighted by Gasteiger charge is 2.56. The van der Waals surface area contributed by atoms with E-state index in [1.165, 1.54) is 0 Å². The Balaban J connectivity index is 1.47. The van der Waals surface area contributed by atoms with E-state index in [4.69, 9.17) is 4.74 Å². The van der Waals surface area contributed by atoms with Crippen LogP contribution in [-0.2, 0) is 24.4 Å². The highest BCUT2D eigenvalue weighted by Crippen LogP contribution is 2.60. The lowest BCUT2D eigenvalue weighted by molar-refractivity contribution is -0.175. The number of carbonyl (C=O) groups is 2. The minimum Gasteiger partial charge on any atom is -0.435 e. The third-order valence-corrected chi connectivity index (χ3v) is 8.33. The van der Waals surface area contributed by atoms with E-state index in [9.17, 15) is 22.6 Å². The molecular weight excluding hydrogens is 368 g/mol. The molecule has 1 N–H and O–H groups in total. The lowest BCUT2D eigenvalue weighted by Gasteiger charge is -2.55. The zero-order valence-corrected chi connectivity index (χ0v) is 16.6. The summed E-state index contributed by atoms with van der Waals surface area (Å²) < 4.78 is 38.5. The smallest absolute Gasteiger partial charge is 0.313 e. The summed E-state index contributed by atoms with van der Waals surface area (Å²) in [6.07, 6.45) is 10.6.